The third-order valence-electron chi connectivity index (χ3n) is 4.25. The Balaban J connectivity index is 2.01. The summed E-state index contributed by atoms with van der Waals surface area (Å²) >= 11 is 6.14. The number of nitrogens with two attached hydrogens (primary N) is 1. The van der Waals surface area contributed by atoms with Gasteiger partial charge in [0.2, 0.25) is 0 Å². The summed E-state index contributed by atoms with van der Waals surface area (Å²) in [5, 5.41) is 4.40. The molecule has 0 bridgehead atoms. The summed E-state index contributed by atoms with van der Waals surface area (Å²) in [4.78, 5) is 11.6. The number of carbonyl (C=O) groups excluding carboxylic acids is 1. The molecule has 10 heteroatoms. The molecule has 0 fully saturated rings. The predicted octanol–water partition coefficient (Wildman–Crippen LogP) is 4.90. The number of primary amides is 1. The van der Waals surface area contributed by atoms with Crippen molar-refractivity contribution in [2.75, 3.05) is 0 Å². The van der Waals surface area contributed by atoms with Crippen LogP contribution in [0.25, 0.3) is 16.9 Å². The maximum absolute atomic E-state index is 13.3. The molecule has 0 aliphatic carbocycles. The number of hydrogen-bond donors (Lipinski definition) is 1. The van der Waals surface area contributed by atoms with Gasteiger partial charge in [-0.2, -0.15) is 18.3 Å². The van der Waals surface area contributed by atoms with Crippen LogP contribution in [-0.4, -0.2) is 28.0 Å². The fraction of sp³-hybridized carbons (Fsp3) is 0.200. The molecule has 1 atom stereocenters. The van der Waals surface area contributed by atoms with Crippen LogP contribution in [0, 0.1) is 5.82 Å². The minimum Gasteiger partial charge on any atom is -0.364 e. The molecule has 2 N–H and O–H groups in total. The van der Waals surface area contributed by atoms with Gasteiger partial charge in [0, 0.05) is 10.6 Å². The highest BCUT2D eigenvalue weighted by atomic mass is 35.5. The highest BCUT2D eigenvalue weighted by Crippen LogP contribution is 2.29. The fourth-order valence-corrected chi connectivity index (χ4v) is 2.94. The van der Waals surface area contributed by atoms with Gasteiger partial charge in [0.05, 0.1) is 18.0 Å². The lowest BCUT2D eigenvalue weighted by Gasteiger charge is -2.17. The molecule has 0 saturated heterocycles. The lowest BCUT2D eigenvalue weighted by Crippen LogP contribution is -2.28. The molecule has 2 aromatic carbocycles. The van der Waals surface area contributed by atoms with E-state index in [0.29, 0.717) is 22.5 Å². The van der Waals surface area contributed by atoms with Crippen molar-refractivity contribution >= 4 is 17.5 Å². The second kappa shape index (κ2) is 8.45. The number of rotatable bonds is 6. The molecule has 5 nitrogen and oxygen atoms in total. The Labute approximate surface area is 174 Å². The van der Waals surface area contributed by atoms with Crippen molar-refractivity contribution in [1.29, 1.82) is 0 Å². The number of benzene rings is 2. The predicted molar refractivity (Wildman–Crippen MR) is 103 cm³/mol. The third-order valence-corrected chi connectivity index (χ3v) is 4.47. The first-order valence-electron chi connectivity index (χ1n) is 8.68. The molecule has 3 rings (SSSR count). The molecule has 30 heavy (non-hydrogen) atoms. The topological polar surface area (TPSA) is 70.1 Å². The normalized spacial score (nSPS) is 12.7. The summed E-state index contributed by atoms with van der Waals surface area (Å²) in [5.41, 5.74) is 6.98. The second-order valence-corrected chi connectivity index (χ2v) is 6.95. The molecule has 0 aliphatic heterocycles. The first kappa shape index (κ1) is 21.8. The smallest absolute Gasteiger partial charge is 0.364 e. The Morgan fingerprint density at radius 1 is 1.20 bits per heavy atom. The fourth-order valence-electron chi connectivity index (χ4n) is 2.68. The van der Waals surface area contributed by atoms with Crippen molar-refractivity contribution in [2.24, 2.45) is 5.73 Å². The molecule has 0 saturated carbocycles. The van der Waals surface area contributed by atoms with E-state index >= 15 is 0 Å². The van der Waals surface area contributed by atoms with Crippen molar-refractivity contribution in [3.63, 3.8) is 0 Å². The summed E-state index contributed by atoms with van der Waals surface area (Å²) < 4.78 is 57.6. The van der Waals surface area contributed by atoms with Gasteiger partial charge < -0.3 is 10.5 Å². The SMILES string of the molecule is C[C@@H](OCc1cc(Cl)cc(-c2cc(C(N)=O)nn2-c2ccc(F)cc2)c1)C(F)(F)F. The largest absolute Gasteiger partial charge is 0.414 e. The monoisotopic (exact) mass is 441 g/mol. The van der Waals surface area contributed by atoms with Crippen molar-refractivity contribution in [2.45, 2.75) is 25.8 Å². The van der Waals surface area contributed by atoms with Gasteiger partial charge in [0.25, 0.3) is 5.91 Å². The van der Waals surface area contributed by atoms with Gasteiger partial charge in [-0.1, -0.05) is 11.6 Å². The highest BCUT2D eigenvalue weighted by Gasteiger charge is 2.36. The van der Waals surface area contributed by atoms with E-state index in [4.69, 9.17) is 22.1 Å². The van der Waals surface area contributed by atoms with Crippen molar-refractivity contribution < 1.29 is 27.1 Å². The van der Waals surface area contributed by atoms with Crippen LogP contribution in [0.4, 0.5) is 17.6 Å². The number of hydrogen-bond acceptors (Lipinski definition) is 3. The van der Waals surface area contributed by atoms with E-state index < -0.39 is 24.0 Å². The molecule has 158 valence electrons. The van der Waals surface area contributed by atoms with Gasteiger partial charge in [-0.05, 0) is 61.0 Å². The average molecular weight is 442 g/mol. The number of nitrogens with zero attached hydrogens (tertiary/aromatic N) is 2. The number of carbonyl (C=O) groups is 1. The van der Waals surface area contributed by atoms with E-state index in [-0.39, 0.29) is 17.3 Å². The Bertz CT molecular complexity index is 1060. The van der Waals surface area contributed by atoms with Crippen LogP contribution in [0.1, 0.15) is 23.0 Å². The maximum Gasteiger partial charge on any atom is 0.414 e. The van der Waals surface area contributed by atoms with Crippen LogP contribution in [-0.2, 0) is 11.3 Å². The molecular weight excluding hydrogens is 426 g/mol. The highest BCUT2D eigenvalue weighted by molar-refractivity contribution is 6.31. The van der Waals surface area contributed by atoms with Gasteiger partial charge in [0.15, 0.2) is 11.8 Å². The van der Waals surface area contributed by atoms with E-state index in [0.717, 1.165) is 6.92 Å². The standard InChI is InChI=1S/C20H16ClF4N3O2/c1-11(20(23,24)25)30-10-12-6-13(8-14(21)7-12)18-9-17(19(26)29)27-28(18)16-4-2-15(22)3-5-16/h2-9,11H,10H2,1H3,(H2,26,29)/t11-/m1/s1. The summed E-state index contributed by atoms with van der Waals surface area (Å²) in [5.74, 6) is -1.23. The van der Waals surface area contributed by atoms with Gasteiger partial charge in [0.1, 0.15) is 5.82 Å². The Kier molecular flexibility index (Phi) is 6.14. The number of ether oxygens (including phenoxy) is 1. The van der Waals surface area contributed by atoms with Crippen LogP contribution in [0.3, 0.4) is 0 Å². The number of amides is 1. The van der Waals surface area contributed by atoms with Crippen molar-refractivity contribution in [1.82, 2.24) is 9.78 Å². The molecular formula is C20H16ClF4N3O2. The van der Waals surface area contributed by atoms with Crippen LogP contribution in [0.15, 0.2) is 48.5 Å². The molecule has 0 radical (unpaired) electrons. The molecule has 0 aliphatic rings. The van der Waals surface area contributed by atoms with Crippen LogP contribution in [0.2, 0.25) is 5.02 Å². The second-order valence-electron chi connectivity index (χ2n) is 6.51. The van der Waals surface area contributed by atoms with Gasteiger partial charge in [-0.3, -0.25) is 4.79 Å². The Morgan fingerprint density at radius 3 is 2.47 bits per heavy atom. The third kappa shape index (κ3) is 4.98. The van der Waals surface area contributed by atoms with Crippen LogP contribution < -0.4 is 5.73 Å². The first-order chi connectivity index (χ1) is 14.0. The molecule has 0 spiro atoms. The summed E-state index contributed by atoms with van der Waals surface area (Å²) in [6.07, 6.45) is -6.44. The Morgan fingerprint density at radius 2 is 1.87 bits per heavy atom. The average Bonchev–Trinajstić information content (AvgIpc) is 3.11. The van der Waals surface area contributed by atoms with E-state index in [1.807, 2.05) is 0 Å². The van der Waals surface area contributed by atoms with Crippen LogP contribution >= 0.6 is 11.6 Å². The van der Waals surface area contributed by atoms with E-state index in [9.17, 15) is 22.4 Å². The zero-order chi connectivity index (χ0) is 22.1. The van der Waals surface area contributed by atoms with Gasteiger partial charge >= 0.3 is 6.18 Å². The lowest BCUT2D eigenvalue weighted by molar-refractivity contribution is -0.217. The summed E-state index contributed by atoms with van der Waals surface area (Å²) in [7, 11) is 0. The van der Waals surface area contributed by atoms with E-state index in [1.165, 1.54) is 41.1 Å². The summed E-state index contributed by atoms with van der Waals surface area (Å²) in [6, 6.07) is 11.4. The molecule has 3 aromatic rings. The van der Waals surface area contributed by atoms with E-state index in [2.05, 4.69) is 5.10 Å². The van der Waals surface area contributed by atoms with Crippen LogP contribution in [0.5, 0.6) is 0 Å². The van der Waals surface area contributed by atoms with Crippen molar-refractivity contribution in [3.8, 4) is 16.9 Å². The maximum atomic E-state index is 13.3. The van der Waals surface area contributed by atoms with Crippen molar-refractivity contribution in [3.05, 3.63) is 70.6 Å². The number of alkyl halides is 3. The first-order valence-corrected chi connectivity index (χ1v) is 9.06. The minimum atomic E-state index is -4.49. The number of aromatic nitrogens is 2. The Hall–Kier alpha value is -2.91. The number of halogens is 5. The minimum absolute atomic E-state index is 0.0437. The summed E-state index contributed by atoms with van der Waals surface area (Å²) in [6.45, 7) is 0.579. The quantitative estimate of drug-likeness (QED) is 0.553. The van der Waals surface area contributed by atoms with Gasteiger partial charge in [-0.25, -0.2) is 9.07 Å². The molecule has 1 aromatic heterocycles. The van der Waals surface area contributed by atoms with E-state index in [1.54, 1.807) is 12.1 Å². The zero-order valence-corrected chi connectivity index (χ0v) is 16.3. The molecule has 0 unspecified atom stereocenters. The lowest BCUT2D eigenvalue weighted by atomic mass is 10.1. The zero-order valence-electron chi connectivity index (χ0n) is 15.6. The molecule has 1 amide bonds. The van der Waals surface area contributed by atoms with Gasteiger partial charge in [-0.15, -0.1) is 0 Å². The molecule has 1 heterocycles.